The summed E-state index contributed by atoms with van der Waals surface area (Å²) >= 11 is 0. The normalized spacial score (nSPS) is 18.5. The summed E-state index contributed by atoms with van der Waals surface area (Å²) in [7, 11) is 0. The number of pyridine rings is 1. The molecule has 0 saturated heterocycles. The van der Waals surface area contributed by atoms with E-state index in [9.17, 15) is 14.7 Å². The maximum absolute atomic E-state index is 12.3. The summed E-state index contributed by atoms with van der Waals surface area (Å²) in [6.45, 7) is 8.73. The lowest BCUT2D eigenvalue weighted by Gasteiger charge is -2.33. The Kier molecular flexibility index (Phi) is 7.79. The number of carbonyl (C=O) groups excluding carboxylic acids is 2. The van der Waals surface area contributed by atoms with Gasteiger partial charge in [0, 0.05) is 12.1 Å². The minimum absolute atomic E-state index is 0.0434. The molecule has 2 heterocycles. The standard InChI is InChI=1S/C24H35N7O4/c1-23(2,3)35-22(33)28-15-10-7-6-9-14(15)26-19-13-16(20(21(25)32)31-30-19)27-18-12-8-11-17(29-18)24(4,5)34/h8,11-15,34H,6-7,9-10H2,1-5H3,(H2,25,32)(H,28,33)(H2,26,27,29,30)/t14-,15+/m1/s1. The van der Waals surface area contributed by atoms with Crippen LogP contribution >= 0.6 is 0 Å². The number of nitrogens with two attached hydrogens (primary N) is 1. The van der Waals surface area contributed by atoms with Crippen molar-refractivity contribution < 1.29 is 19.4 Å². The van der Waals surface area contributed by atoms with Gasteiger partial charge in [-0.3, -0.25) is 4.79 Å². The molecule has 0 spiro atoms. The predicted octanol–water partition coefficient (Wildman–Crippen LogP) is 3.19. The molecule has 1 aliphatic carbocycles. The molecule has 0 aliphatic heterocycles. The van der Waals surface area contributed by atoms with E-state index in [1.54, 1.807) is 38.1 Å². The van der Waals surface area contributed by atoms with Crippen molar-refractivity contribution in [3.05, 3.63) is 35.7 Å². The number of nitrogens with zero attached hydrogens (tertiary/aromatic N) is 3. The van der Waals surface area contributed by atoms with Crippen LogP contribution in [0.2, 0.25) is 0 Å². The van der Waals surface area contributed by atoms with Gasteiger partial charge < -0.3 is 31.5 Å². The first-order chi connectivity index (χ1) is 16.3. The van der Waals surface area contributed by atoms with Gasteiger partial charge in [0.2, 0.25) is 0 Å². The van der Waals surface area contributed by atoms with Crippen LogP contribution in [-0.4, -0.2) is 50.0 Å². The van der Waals surface area contributed by atoms with E-state index in [2.05, 4.69) is 31.1 Å². The second-order valence-electron chi connectivity index (χ2n) is 10.2. The van der Waals surface area contributed by atoms with E-state index in [-0.39, 0.29) is 17.8 Å². The summed E-state index contributed by atoms with van der Waals surface area (Å²) in [5, 5.41) is 27.7. The first-order valence-corrected chi connectivity index (χ1v) is 11.7. The van der Waals surface area contributed by atoms with Crippen molar-refractivity contribution in [3.8, 4) is 0 Å². The number of primary amides is 1. The van der Waals surface area contributed by atoms with Crippen molar-refractivity contribution in [2.45, 2.75) is 83.6 Å². The topological polar surface area (TPSA) is 164 Å². The van der Waals surface area contributed by atoms with Crippen molar-refractivity contribution in [2.75, 3.05) is 10.6 Å². The van der Waals surface area contributed by atoms with Crippen LogP contribution in [-0.2, 0) is 10.3 Å². The molecule has 190 valence electrons. The van der Waals surface area contributed by atoms with Crippen LogP contribution in [0.3, 0.4) is 0 Å². The number of hydrogen-bond donors (Lipinski definition) is 5. The zero-order valence-electron chi connectivity index (χ0n) is 20.9. The van der Waals surface area contributed by atoms with Gasteiger partial charge in [0.25, 0.3) is 5.91 Å². The molecular weight excluding hydrogens is 450 g/mol. The molecule has 0 unspecified atom stereocenters. The van der Waals surface area contributed by atoms with Crippen LogP contribution in [0, 0.1) is 0 Å². The number of carbonyl (C=O) groups is 2. The quantitative estimate of drug-likeness (QED) is 0.396. The molecule has 1 aliphatic rings. The van der Waals surface area contributed by atoms with Crippen LogP contribution in [0.5, 0.6) is 0 Å². The first kappa shape index (κ1) is 26.1. The van der Waals surface area contributed by atoms with Crippen LogP contribution in [0.25, 0.3) is 0 Å². The third-order valence-corrected chi connectivity index (χ3v) is 5.47. The summed E-state index contributed by atoms with van der Waals surface area (Å²) in [4.78, 5) is 28.7. The highest BCUT2D eigenvalue weighted by atomic mass is 16.6. The highest BCUT2D eigenvalue weighted by Gasteiger charge is 2.29. The van der Waals surface area contributed by atoms with Gasteiger partial charge in [-0.05, 0) is 59.6 Å². The summed E-state index contributed by atoms with van der Waals surface area (Å²) < 4.78 is 5.41. The summed E-state index contributed by atoms with van der Waals surface area (Å²) in [6, 6.07) is 6.53. The Morgan fingerprint density at radius 3 is 2.37 bits per heavy atom. The zero-order valence-corrected chi connectivity index (χ0v) is 20.9. The van der Waals surface area contributed by atoms with E-state index < -0.39 is 23.2 Å². The molecule has 11 nitrogen and oxygen atoms in total. The summed E-state index contributed by atoms with van der Waals surface area (Å²) in [5.41, 5.74) is 4.52. The SMILES string of the molecule is CC(C)(C)OC(=O)N[C@H]1CCCC[C@H]1Nc1cc(Nc2cccc(C(C)(C)O)n2)c(C(N)=O)nn1. The minimum atomic E-state index is -1.13. The molecule has 6 N–H and O–H groups in total. The molecule has 2 amide bonds. The molecule has 1 fully saturated rings. The molecule has 2 atom stereocenters. The van der Waals surface area contributed by atoms with Gasteiger partial charge >= 0.3 is 6.09 Å². The smallest absolute Gasteiger partial charge is 0.407 e. The summed E-state index contributed by atoms with van der Waals surface area (Å²) in [5.74, 6) is 0.0829. The number of nitrogens with one attached hydrogen (secondary N) is 3. The largest absolute Gasteiger partial charge is 0.444 e. The van der Waals surface area contributed by atoms with Crippen LogP contribution in [0.4, 0.5) is 22.1 Å². The van der Waals surface area contributed by atoms with E-state index in [1.165, 1.54) is 0 Å². The van der Waals surface area contributed by atoms with E-state index in [4.69, 9.17) is 10.5 Å². The van der Waals surface area contributed by atoms with Crippen LogP contribution in [0.15, 0.2) is 24.3 Å². The van der Waals surface area contributed by atoms with E-state index in [0.717, 1.165) is 25.7 Å². The Bertz CT molecular complexity index is 1060. The molecular formula is C24H35N7O4. The zero-order chi connectivity index (χ0) is 25.8. The number of hydrogen-bond acceptors (Lipinski definition) is 9. The fraction of sp³-hybridized carbons (Fsp3) is 0.542. The third kappa shape index (κ3) is 7.51. The van der Waals surface area contributed by atoms with Crippen molar-refractivity contribution in [3.63, 3.8) is 0 Å². The van der Waals surface area contributed by atoms with Crippen molar-refractivity contribution in [1.29, 1.82) is 0 Å². The lowest BCUT2D eigenvalue weighted by Crippen LogP contribution is -2.49. The van der Waals surface area contributed by atoms with Gasteiger partial charge in [0.1, 0.15) is 17.0 Å². The van der Waals surface area contributed by atoms with Crippen molar-refractivity contribution >= 4 is 29.3 Å². The summed E-state index contributed by atoms with van der Waals surface area (Å²) in [6.07, 6.45) is 3.13. The lowest BCUT2D eigenvalue weighted by atomic mass is 9.90. The van der Waals surface area contributed by atoms with Gasteiger partial charge in [-0.1, -0.05) is 18.9 Å². The van der Waals surface area contributed by atoms with Gasteiger partial charge in [-0.15, -0.1) is 10.2 Å². The van der Waals surface area contributed by atoms with E-state index in [1.807, 2.05) is 20.8 Å². The molecule has 2 aromatic heterocycles. The Hall–Kier alpha value is -3.47. The van der Waals surface area contributed by atoms with Gasteiger partial charge in [-0.2, -0.15) is 0 Å². The van der Waals surface area contributed by atoms with Crippen LogP contribution in [0.1, 0.15) is 76.5 Å². The molecule has 0 radical (unpaired) electrons. The third-order valence-electron chi connectivity index (χ3n) is 5.47. The fourth-order valence-electron chi connectivity index (χ4n) is 3.85. The highest BCUT2D eigenvalue weighted by molar-refractivity contribution is 5.97. The number of alkyl carbamates (subject to hydrolysis) is 1. The monoisotopic (exact) mass is 485 g/mol. The fourth-order valence-corrected chi connectivity index (χ4v) is 3.85. The Balaban J connectivity index is 1.81. The second kappa shape index (κ2) is 10.4. The molecule has 11 heteroatoms. The number of aromatic nitrogens is 3. The number of amides is 2. The molecule has 1 saturated carbocycles. The minimum Gasteiger partial charge on any atom is -0.444 e. The van der Waals surface area contributed by atoms with Gasteiger partial charge in [0.05, 0.1) is 17.4 Å². The molecule has 0 aromatic carbocycles. The van der Waals surface area contributed by atoms with Crippen LogP contribution < -0.4 is 21.7 Å². The molecule has 3 rings (SSSR count). The number of ether oxygens (including phenoxy) is 1. The molecule has 2 aromatic rings. The van der Waals surface area contributed by atoms with Crippen molar-refractivity contribution in [2.24, 2.45) is 5.73 Å². The molecule has 35 heavy (non-hydrogen) atoms. The Morgan fingerprint density at radius 2 is 1.74 bits per heavy atom. The van der Waals surface area contributed by atoms with Gasteiger partial charge in [0.15, 0.2) is 11.5 Å². The number of aliphatic hydroxyl groups is 1. The highest BCUT2D eigenvalue weighted by Crippen LogP contribution is 2.26. The predicted molar refractivity (Wildman–Crippen MR) is 132 cm³/mol. The lowest BCUT2D eigenvalue weighted by molar-refractivity contribution is 0.0488. The Morgan fingerprint density at radius 1 is 1.06 bits per heavy atom. The molecule has 0 bridgehead atoms. The maximum atomic E-state index is 12.3. The number of anilines is 3. The second-order valence-corrected chi connectivity index (χ2v) is 10.2. The van der Waals surface area contributed by atoms with Crippen molar-refractivity contribution in [1.82, 2.24) is 20.5 Å². The average Bonchev–Trinajstić information content (AvgIpc) is 2.73. The Labute approximate surface area is 205 Å². The first-order valence-electron chi connectivity index (χ1n) is 11.7. The van der Waals surface area contributed by atoms with Gasteiger partial charge in [-0.25, -0.2) is 9.78 Å². The maximum Gasteiger partial charge on any atom is 0.407 e. The number of rotatable bonds is 7. The average molecular weight is 486 g/mol. The van der Waals surface area contributed by atoms with E-state index >= 15 is 0 Å². The van der Waals surface area contributed by atoms with E-state index in [0.29, 0.717) is 23.0 Å².